The molecule has 0 fully saturated rings. The Morgan fingerprint density at radius 1 is 1.23 bits per heavy atom. The van der Waals surface area contributed by atoms with Crippen LogP contribution in [-0.2, 0) is 20.7 Å². The predicted octanol–water partition coefficient (Wildman–Crippen LogP) is 2.19. The van der Waals surface area contributed by atoms with Crippen LogP contribution in [-0.4, -0.2) is 24.5 Å². The highest BCUT2D eigenvalue weighted by Gasteiger charge is 2.17. The zero-order valence-corrected chi connectivity index (χ0v) is 13.3. The molecular weight excluding hydrogens is 280 g/mol. The summed E-state index contributed by atoms with van der Waals surface area (Å²) in [5.41, 5.74) is 1.54. The van der Waals surface area contributed by atoms with E-state index in [2.05, 4.69) is 5.32 Å². The molecule has 0 bridgehead atoms. The van der Waals surface area contributed by atoms with Gasteiger partial charge in [0.1, 0.15) is 0 Å². The summed E-state index contributed by atoms with van der Waals surface area (Å²) in [7, 11) is 0. The number of benzene rings is 1. The molecule has 118 valence electrons. The molecule has 1 rings (SSSR count). The number of ether oxygens (including phenoxy) is 1. The standard InChI is InChI=1S/C17H22N2O3/c1-12(2)11-19-17(21)13(3)22-16(20)9-8-14-4-6-15(10-18)7-5-14/h4-7,12-13H,8-9,11H2,1-3H3,(H,19,21). The van der Waals surface area contributed by atoms with E-state index in [-0.39, 0.29) is 12.3 Å². The van der Waals surface area contributed by atoms with Crippen LogP contribution in [0.1, 0.15) is 38.3 Å². The molecule has 0 spiro atoms. The van der Waals surface area contributed by atoms with Gasteiger partial charge in [-0.25, -0.2) is 0 Å². The molecule has 0 aliphatic heterocycles. The highest BCUT2D eigenvalue weighted by Crippen LogP contribution is 2.07. The summed E-state index contributed by atoms with van der Waals surface area (Å²) in [5.74, 6) is -0.333. The molecule has 0 aliphatic carbocycles. The molecule has 1 atom stereocenters. The van der Waals surface area contributed by atoms with E-state index in [4.69, 9.17) is 10.00 Å². The smallest absolute Gasteiger partial charge is 0.306 e. The van der Waals surface area contributed by atoms with Crippen molar-refractivity contribution in [1.29, 1.82) is 5.26 Å². The molecule has 0 heterocycles. The molecule has 1 aromatic rings. The largest absolute Gasteiger partial charge is 0.453 e. The molecule has 5 heteroatoms. The van der Waals surface area contributed by atoms with Crippen LogP contribution < -0.4 is 5.32 Å². The van der Waals surface area contributed by atoms with E-state index < -0.39 is 12.1 Å². The number of hydrogen-bond acceptors (Lipinski definition) is 4. The van der Waals surface area contributed by atoms with Gasteiger partial charge in [0, 0.05) is 13.0 Å². The third-order valence-electron chi connectivity index (χ3n) is 3.06. The number of amides is 1. The first-order valence-electron chi connectivity index (χ1n) is 7.38. The van der Waals surface area contributed by atoms with Crippen LogP contribution in [0.5, 0.6) is 0 Å². The Bertz CT molecular complexity index is 544. The van der Waals surface area contributed by atoms with Gasteiger partial charge in [-0.1, -0.05) is 26.0 Å². The van der Waals surface area contributed by atoms with Crippen LogP contribution in [0.25, 0.3) is 0 Å². The Morgan fingerprint density at radius 3 is 2.41 bits per heavy atom. The molecule has 0 saturated carbocycles. The van der Waals surface area contributed by atoms with Crippen LogP contribution >= 0.6 is 0 Å². The summed E-state index contributed by atoms with van der Waals surface area (Å²) in [4.78, 5) is 23.4. The second-order valence-corrected chi connectivity index (χ2v) is 5.58. The van der Waals surface area contributed by atoms with Gasteiger partial charge >= 0.3 is 5.97 Å². The number of hydrogen-bond donors (Lipinski definition) is 1. The number of rotatable bonds is 7. The maximum atomic E-state index is 11.7. The van der Waals surface area contributed by atoms with E-state index in [1.165, 1.54) is 0 Å². The number of carbonyl (C=O) groups excluding carboxylic acids is 2. The van der Waals surface area contributed by atoms with Crippen LogP contribution in [0.3, 0.4) is 0 Å². The van der Waals surface area contributed by atoms with Crippen molar-refractivity contribution in [2.24, 2.45) is 5.92 Å². The number of aryl methyl sites for hydroxylation is 1. The minimum Gasteiger partial charge on any atom is -0.453 e. The second kappa shape index (κ2) is 8.83. The minimum atomic E-state index is -0.785. The van der Waals surface area contributed by atoms with Gasteiger partial charge < -0.3 is 10.1 Å². The van der Waals surface area contributed by atoms with Crippen LogP contribution in [0.15, 0.2) is 24.3 Å². The number of nitrogens with zero attached hydrogens (tertiary/aromatic N) is 1. The first-order chi connectivity index (χ1) is 10.4. The van der Waals surface area contributed by atoms with Crippen molar-refractivity contribution < 1.29 is 14.3 Å². The number of carbonyl (C=O) groups is 2. The third-order valence-corrected chi connectivity index (χ3v) is 3.06. The lowest BCUT2D eigenvalue weighted by atomic mass is 10.1. The second-order valence-electron chi connectivity index (χ2n) is 5.58. The number of nitriles is 1. The van der Waals surface area contributed by atoms with Gasteiger partial charge in [-0.3, -0.25) is 9.59 Å². The third kappa shape index (κ3) is 6.40. The van der Waals surface area contributed by atoms with E-state index in [0.29, 0.717) is 24.4 Å². The van der Waals surface area contributed by atoms with Crippen molar-refractivity contribution in [3.05, 3.63) is 35.4 Å². The highest BCUT2D eigenvalue weighted by molar-refractivity contribution is 5.83. The zero-order valence-electron chi connectivity index (χ0n) is 13.3. The predicted molar refractivity (Wildman–Crippen MR) is 82.9 cm³/mol. The van der Waals surface area contributed by atoms with Crippen LogP contribution in [0, 0.1) is 17.2 Å². The Balaban J connectivity index is 2.35. The van der Waals surface area contributed by atoms with Gasteiger partial charge in [-0.05, 0) is 37.0 Å². The van der Waals surface area contributed by atoms with E-state index in [1.807, 2.05) is 32.0 Å². The van der Waals surface area contributed by atoms with Crippen LogP contribution in [0.2, 0.25) is 0 Å². The summed E-state index contributed by atoms with van der Waals surface area (Å²) in [6, 6.07) is 9.08. The molecule has 1 amide bonds. The monoisotopic (exact) mass is 302 g/mol. The molecule has 1 unspecified atom stereocenters. The molecule has 0 radical (unpaired) electrons. The lowest BCUT2D eigenvalue weighted by Crippen LogP contribution is -2.37. The lowest BCUT2D eigenvalue weighted by molar-refractivity contribution is -0.154. The highest BCUT2D eigenvalue weighted by atomic mass is 16.5. The normalized spacial score (nSPS) is 11.6. The van der Waals surface area contributed by atoms with Gasteiger partial charge in [0.05, 0.1) is 11.6 Å². The Hall–Kier alpha value is -2.35. The lowest BCUT2D eigenvalue weighted by Gasteiger charge is -2.14. The quantitative estimate of drug-likeness (QED) is 0.783. The van der Waals surface area contributed by atoms with Crippen molar-refractivity contribution in [3.8, 4) is 6.07 Å². The Kier molecular flexibility index (Phi) is 7.11. The summed E-state index contributed by atoms with van der Waals surface area (Å²) < 4.78 is 5.11. The Labute approximate surface area is 131 Å². The van der Waals surface area contributed by atoms with Crippen molar-refractivity contribution in [2.45, 2.75) is 39.7 Å². The summed E-state index contributed by atoms with van der Waals surface area (Å²) in [6.45, 7) is 6.12. The fraction of sp³-hybridized carbons (Fsp3) is 0.471. The van der Waals surface area contributed by atoms with E-state index >= 15 is 0 Å². The molecule has 0 aliphatic rings. The molecule has 5 nitrogen and oxygen atoms in total. The van der Waals surface area contributed by atoms with Crippen molar-refractivity contribution in [3.63, 3.8) is 0 Å². The number of nitrogens with one attached hydrogen (secondary N) is 1. The molecule has 1 aromatic carbocycles. The van der Waals surface area contributed by atoms with Crippen LogP contribution in [0.4, 0.5) is 0 Å². The number of esters is 1. The first kappa shape index (κ1) is 17.7. The van der Waals surface area contributed by atoms with Gasteiger partial charge in [-0.2, -0.15) is 5.26 Å². The summed E-state index contributed by atoms with van der Waals surface area (Å²) in [5, 5.41) is 11.4. The van der Waals surface area contributed by atoms with Crippen molar-refractivity contribution >= 4 is 11.9 Å². The average molecular weight is 302 g/mol. The van der Waals surface area contributed by atoms with Gasteiger partial charge in [0.25, 0.3) is 5.91 Å². The van der Waals surface area contributed by atoms with E-state index in [1.54, 1.807) is 19.1 Å². The summed E-state index contributed by atoms with van der Waals surface area (Å²) in [6.07, 6.45) is -0.0642. The summed E-state index contributed by atoms with van der Waals surface area (Å²) >= 11 is 0. The Morgan fingerprint density at radius 2 is 1.86 bits per heavy atom. The SMILES string of the molecule is CC(C)CNC(=O)C(C)OC(=O)CCc1ccc(C#N)cc1. The molecule has 0 aromatic heterocycles. The molecule has 22 heavy (non-hydrogen) atoms. The zero-order chi connectivity index (χ0) is 16.5. The molecular formula is C17H22N2O3. The van der Waals surface area contributed by atoms with Gasteiger partial charge in [-0.15, -0.1) is 0 Å². The maximum Gasteiger partial charge on any atom is 0.306 e. The van der Waals surface area contributed by atoms with Crippen molar-refractivity contribution in [1.82, 2.24) is 5.32 Å². The maximum absolute atomic E-state index is 11.7. The molecule has 0 saturated heterocycles. The first-order valence-corrected chi connectivity index (χ1v) is 7.38. The van der Waals surface area contributed by atoms with Gasteiger partial charge in [0.2, 0.25) is 0 Å². The van der Waals surface area contributed by atoms with E-state index in [0.717, 1.165) is 5.56 Å². The minimum absolute atomic E-state index is 0.202. The fourth-order valence-electron chi connectivity index (χ4n) is 1.75. The fourth-order valence-corrected chi connectivity index (χ4v) is 1.75. The average Bonchev–Trinajstić information content (AvgIpc) is 2.50. The van der Waals surface area contributed by atoms with E-state index in [9.17, 15) is 9.59 Å². The van der Waals surface area contributed by atoms with Gasteiger partial charge in [0.15, 0.2) is 6.10 Å². The van der Waals surface area contributed by atoms with Crippen molar-refractivity contribution in [2.75, 3.05) is 6.54 Å². The topological polar surface area (TPSA) is 79.2 Å². The molecule has 1 N–H and O–H groups in total.